The molecule has 0 radical (unpaired) electrons. The molecule has 40 heavy (non-hydrogen) atoms. The summed E-state index contributed by atoms with van der Waals surface area (Å²) in [6, 6.07) is 21.3. The smallest absolute Gasteiger partial charge is 0.343 e. The summed E-state index contributed by atoms with van der Waals surface area (Å²) in [5.74, 6) is -1.31. The van der Waals surface area contributed by atoms with Crippen molar-refractivity contribution in [1.82, 2.24) is 0 Å². The third kappa shape index (κ3) is 6.23. The average molecular weight is 551 g/mol. The van der Waals surface area contributed by atoms with Crippen LogP contribution in [0.1, 0.15) is 46.4 Å². The molecule has 0 saturated carbocycles. The summed E-state index contributed by atoms with van der Waals surface area (Å²) in [4.78, 5) is 25.6. The molecular weight excluding hydrogens is 520 g/mol. The van der Waals surface area contributed by atoms with Crippen molar-refractivity contribution in [3.05, 3.63) is 95.6 Å². The first-order valence-electron chi connectivity index (χ1n) is 12.9. The summed E-state index contributed by atoms with van der Waals surface area (Å²) >= 11 is 0. The van der Waals surface area contributed by atoms with Crippen LogP contribution in [-0.2, 0) is 18.9 Å². The van der Waals surface area contributed by atoms with Crippen LogP contribution in [0, 0.1) is 0 Å². The molecule has 0 amide bonds. The highest BCUT2D eigenvalue weighted by Crippen LogP contribution is 2.38. The molecule has 2 heterocycles. The number of fused-ring (bicyclic) bond motifs is 1. The second-order valence-electron chi connectivity index (χ2n) is 9.69. The van der Waals surface area contributed by atoms with Crippen LogP contribution in [0.4, 0.5) is 0 Å². The van der Waals surface area contributed by atoms with Crippen molar-refractivity contribution >= 4 is 11.9 Å². The van der Waals surface area contributed by atoms with E-state index in [-0.39, 0.29) is 24.2 Å². The maximum atomic E-state index is 12.9. The Bertz CT molecular complexity index is 1310. The number of benzene rings is 3. The molecule has 0 bridgehead atoms. The van der Waals surface area contributed by atoms with Gasteiger partial charge in [0.15, 0.2) is 24.1 Å². The lowest BCUT2D eigenvalue weighted by molar-refractivity contribution is -0.365. The van der Waals surface area contributed by atoms with Gasteiger partial charge in [0.1, 0.15) is 24.4 Å². The van der Waals surface area contributed by atoms with Gasteiger partial charge in [-0.2, -0.15) is 0 Å². The van der Waals surface area contributed by atoms with Gasteiger partial charge in [0.25, 0.3) is 0 Å². The minimum Gasteiger partial charge on any atom is -0.419 e. The minimum absolute atomic E-state index is 0.0145. The molecule has 6 atom stereocenters. The fourth-order valence-corrected chi connectivity index (χ4v) is 4.43. The molecule has 2 N–H and O–H groups in total. The molecule has 2 fully saturated rings. The Morgan fingerprint density at radius 2 is 1.40 bits per heavy atom. The number of aliphatic hydroxyl groups excluding tert-OH is 2. The van der Waals surface area contributed by atoms with Gasteiger partial charge in [-0.05, 0) is 56.3 Å². The molecule has 3 aromatic rings. The van der Waals surface area contributed by atoms with Gasteiger partial charge in [-0.1, -0.05) is 36.4 Å². The van der Waals surface area contributed by atoms with Gasteiger partial charge in [0, 0.05) is 5.56 Å². The lowest BCUT2D eigenvalue weighted by Gasteiger charge is -2.46. The zero-order valence-corrected chi connectivity index (χ0v) is 21.9. The maximum absolute atomic E-state index is 12.9. The second-order valence-corrected chi connectivity index (χ2v) is 9.69. The number of ether oxygens (including phenoxy) is 6. The van der Waals surface area contributed by atoms with E-state index in [1.807, 2.05) is 0 Å². The number of carbonyl (C=O) groups excluding carboxylic acids is 2. The van der Waals surface area contributed by atoms with E-state index in [0.717, 1.165) is 0 Å². The SMILES string of the molecule is CC(C)O[C@H]1O[C@@H]2COC(c3ccc(OC(=O)c4ccccc4)c(OC(=O)c4ccccc4)c3)O[C@H]2[C@H](O)[C@H]1O. The number of esters is 2. The van der Waals surface area contributed by atoms with Gasteiger partial charge < -0.3 is 38.6 Å². The molecular formula is C30H30O10. The van der Waals surface area contributed by atoms with Gasteiger partial charge in [-0.15, -0.1) is 0 Å². The summed E-state index contributed by atoms with van der Waals surface area (Å²) in [5, 5.41) is 21.3. The molecule has 1 unspecified atom stereocenters. The molecule has 0 spiro atoms. The van der Waals surface area contributed by atoms with Gasteiger partial charge in [-0.3, -0.25) is 0 Å². The monoisotopic (exact) mass is 550 g/mol. The van der Waals surface area contributed by atoms with E-state index in [2.05, 4.69) is 0 Å². The molecule has 10 heteroatoms. The van der Waals surface area contributed by atoms with E-state index >= 15 is 0 Å². The Labute approximate surface area is 231 Å². The number of hydrogen-bond donors (Lipinski definition) is 2. The molecule has 0 aliphatic carbocycles. The van der Waals surface area contributed by atoms with Crippen LogP contribution in [0.25, 0.3) is 0 Å². The van der Waals surface area contributed by atoms with Gasteiger partial charge >= 0.3 is 11.9 Å². The van der Waals surface area contributed by atoms with Crippen molar-refractivity contribution in [2.24, 2.45) is 0 Å². The predicted molar refractivity (Wildman–Crippen MR) is 140 cm³/mol. The number of rotatable bonds is 7. The topological polar surface area (TPSA) is 130 Å². The van der Waals surface area contributed by atoms with Crippen LogP contribution in [0.3, 0.4) is 0 Å². The van der Waals surface area contributed by atoms with E-state index in [9.17, 15) is 19.8 Å². The first-order chi connectivity index (χ1) is 19.3. The highest BCUT2D eigenvalue weighted by molar-refractivity contribution is 5.93. The van der Waals surface area contributed by atoms with Crippen molar-refractivity contribution < 1.29 is 48.2 Å². The Hall–Kier alpha value is -3.64. The van der Waals surface area contributed by atoms with Gasteiger partial charge in [0.05, 0.1) is 23.8 Å². The quantitative estimate of drug-likeness (QED) is 0.333. The van der Waals surface area contributed by atoms with E-state index < -0.39 is 48.9 Å². The fourth-order valence-electron chi connectivity index (χ4n) is 4.43. The first-order valence-corrected chi connectivity index (χ1v) is 12.9. The molecule has 2 saturated heterocycles. The Morgan fingerprint density at radius 1 is 0.800 bits per heavy atom. The van der Waals surface area contributed by atoms with Crippen molar-refractivity contribution in [3.8, 4) is 11.5 Å². The number of hydrogen-bond acceptors (Lipinski definition) is 10. The van der Waals surface area contributed by atoms with Crippen molar-refractivity contribution in [1.29, 1.82) is 0 Å². The standard InChI is InChI=1S/C30H30O10/c1-17(2)36-30-25(32)24(31)26-23(39-30)16-35-29(40-26)20-13-14-21(37-27(33)18-9-5-3-6-10-18)22(15-20)38-28(34)19-11-7-4-8-12-19/h3-15,17,23-26,29-32H,16H2,1-2H3/t23-,24-,25-,26-,29?,30+/m1/s1. The molecule has 2 aliphatic heterocycles. The third-order valence-corrected chi connectivity index (χ3v) is 6.40. The van der Waals surface area contributed by atoms with E-state index in [0.29, 0.717) is 16.7 Å². The van der Waals surface area contributed by atoms with E-state index in [1.165, 1.54) is 12.1 Å². The molecule has 0 aromatic heterocycles. The first kappa shape index (κ1) is 27.9. The molecule has 2 aliphatic rings. The summed E-state index contributed by atoms with van der Waals surface area (Å²) in [5.41, 5.74) is 1.05. The lowest BCUT2D eigenvalue weighted by atomic mass is 9.98. The summed E-state index contributed by atoms with van der Waals surface area (Å²) in [6.45, 7) is 3.63. The van der Waals surface area contributed by atoms with Crippen molar-refractivity contribution in [3.63, 3.8) is 0 Å². The van der Waals surface area contributed by atoms with Crippen LogP contribution in [0.15, 0.2) is 78.9 Å². The van der Waals surface area contributed by atoms with E-state index in [1.54, 1.807) is 80.6 Å². The third-order valence-electron chi connectivity index (χ3n) is 6.40. The zero-order valence-electron chi connectivity index (χ0n) is 21.9. The molecule has 5 rings (SSSR count). The normalized spacial score (nSPS) is 26.1. The van der Waals surface area contributed by atoms with Gasteiger partial charge in [-0.25, -0.2) is 9.59 Å². The Morgan fingerprint density at radius 3 is 2.00 bits per heavy atom. The fraction of sp³-hybridized carbons (Fsp3) is 0.333. The summed E-state index contributed by atoms with van der Waals surface area (Å²) < 4.78 is 34.4. The van der Waals surface area contributed by atoms with Crippen molar-refractivity contribution in [2.75, 3.05) is 6.61 Å². The largest absolute Gasteiger partial charge is 0.419 e. The number of aliphatic hydroxyl groups is 2. The van der Waals surface area contributed by atoms with Gasteiger partial charge in [0.2, 0.25) is 0 Å². The Kier molecular flexibility index (Phi) is 8.55. The minimum atomic E-state index is -1.33. The van der Waals surface area contributed by atoms with Crippen LogP contribution < -0.4 is 9.47 Å². The van der Waals surface area contributed by atoms with Crippen LogP contribution in [0.5, 0.6) is 11.5 Å². The average Bonchev–Trinajstić information content (AvgIpc) is 2.97. The van der Waals surface area contributed by atoms with E-state index in [4.69, 9.17) is 28.4 Å². The van der Waals surface area contributed by atoms with Crippen LogP contribution >= 0.6 is 0 Å². The van der Waals surface area contributed by atoms with Crippen LogP contribution in [0.2, 0.25) is 0 Å². The maximum Gasteiger partial charge on any atom is 0.343 e. The number of carbonyl (C=O) groups is 2. The van der Waals surface area contributed by atoms with Crippen LogP contribution in [-0.4, -0.2) is 65.6 Å². The Balaban J connectivity index is 1.38. The second kappa shape index (κ2) is 12.3. The molecule has 10 nitrogen and oxygen atoms in total. The highest BCUT2D eigenvalue weighted by atomic mass is 16.8. The zero-order chi connectivity index (χ0) is 28.2. The van der Waals surface area contributed by atoms with Crippen molar-refractivity contribution in [2.45, 2.75) is 56.9 Å². The predicted octanol–water partition coefficient (Wildman–Crippen LogP) is 3.41. The molecule has 210 valence electrons. The highest BCUT2D eigenvalue weighted by Gasteiger charge is 2.49. The summed E-state index contributed by atoms with van der Waals surface area (Å²) in [7, 11) is 0. The lowest BCUT2D eigenvalue weighted by Crippen LogP contribution is -2.62. The molecule has 3 aromatic carbocycles. The summed E-state index contributed by atoms with van der Waals surface area (Å²) in [6.07, 6.45) is -6.47.